The van der Waals surface area contributed by atoms with Crippen LogP contribution in [0.2, 0.25) is 0 Å². The smallest absolute Gasteiger partial charge is 0.293 e. The number of fused-ring (bicyclic) bond motifs is 1. The van der Waals surface area contributed by atoms with Gasteiger partial charge in [0.1, 0.15) is 12.4 Å². The van der Waals surface area contributed by atoms with Gasteiger partial charge in [-0.2, -0.15) is 0 Å². The van der Waals surface area contributed by atoms with E-state index in [2.05, 4.69) is 16.7 Å². The zero-order valence-corrected chi connectivity index (χ0v) is 12.1. The van der Waals surface area contributed by atoms with Gasteiger partial charge >= 0.3 is 0 Å². The van der Waals surface area contributed by atoms with Crippen LogP contribution < -0.4 is 0 Å². The van der Waals surface area contributed by atoms with Crippen molar-refractivity contribution < 1.29 is 14.3 Å². The number of amides is 1. The van der Waals surface area contributed by atoms with Crippen LogP contribution in [-0.4, -0.2) is 63.6 Å². The van der Waals surface area contributed by atoms with Crippen molar-refractivity contribution in [1.82, 2.24) is 19.7 Å². The molecule has 3 atom stereocenters. The van der Waals surface area contributed by atoms with E-state index in [1.807, 2.05) is 4.90 Å². The Bertz CT molecular complexity index is 530. The van der Waals surface area contributed by atoms with E-state index >= 15 is 0 Å². The molecule has 1 amide bonds. The van der Waals surface area contributed by atoms with Crippen LogP contribution in [0, 0.1) is 0 Å². The minimum Gasteiger partial charge on any atom is -0.372 e. The molecule has 1 aliphatic carbocycles. The Kier molecular flexibility index (Phi) is 4.03. The number of hydrogen-bond donors (Lipinski definition) is 0. The molecule has 1 saturated carbocycles. The van der Waals surface area contributed by atoms with Crippen molar-refractivity contribution in [2.75, 3.05) is 19.8 Å². The molecule has 3 rings (SSSR count). The van der Waals surface area contributed by atoms with E-state index in [0.29, 0.717) is 19.8 Å². The highest BCUT2D eigenvalue weighted by Crippen LogP contribution is 2.32. The number of carbonyl (C=O) groups excluding carboxylic acids is 1. The van der Waals surface area contributed by atoms with E-state index in [-0.39, 0.29) is 30.0 Å². The summed E-state index contributed by atoms with van der Waals surface area (Å²) in [5, 5.41) is 4.10. The Balaban J connectivity index is 1.72. The summed E-state index contributed by atoms with van der Waals surface area (Å²) in [4.78, 5) is 18.4. The molecular weight excluding hydrogens is 272 g/mol. The molecule has 0 bridgehead atoms. The lowest BCUT2D eigenvalue weighted by molar-refractivity contribution is -0.100. The summed E-state index contributed by atoms with van der Waals surface area (Å²) in [7, 11) is 1.75. The number of rotatable bonds is 4. The van der Waals surface area contributed by atoms with Gasteiger partial charge in [0, 0.05) is 13.6 Å². The van der Waals surface area contributed by atoms with Gasteiger partial charge in [-0.1, -0.05) is 6.08 Å². The maximum absolute atomic E-state index is 12.6. The highest BCUT2D eigenvalue weighted by Gasteiger charge is 2.45. The van der Waals surface area contributed by atoms with Gasteiger partial charge in [-0.15, -0.1) is 11.7 Å². The highest BCUT2D eigenvalue weighted by molar-refractivity contribution is 5.90. The Morgan fingerprint density at radius 3 is 3.19 bits per heavy atom. The second-order valence-corrected chi connectivity index (χ2v) is 5.38. The molecular formula is C14H20N4O3. The van der Waals surface area contributed by atoms with Gasteiger partial charge in [-0.05, 0) is 12.8 Å². The van der Waals surface area contributed by atoms with Crippen LogP contribution in [0.5, 0.6) is 0 Å². The summed E-state index contributed by atoms with van der Waals surface area (Å²) in [6.07, 6.45) is 5.01. The van der Waals surface area contributed by atoms with Crippen molar-refractivity contribution in [2.45, 2.75) is 31.1 Å². The van der Waals surface area contributed by atoms with Crippen molar-refractivity contribution in [3.05, 3.63) is 24.8 Å². The van der Waals surface area contributed by atoms with Gasteiger partial charge < -0.3 is 14.4 Å². The Hall–Kier alpha value is -1.73. The molecule has 21 heavy (non-hydrogen) atoms. The first-order valence-electron chi connectivity index (χ1n) is 7.21. The molecule has 2 aliphatic rings. The lowest BCUT2D eigenvalue weighted by Crippen LogP contribution is -2.54. The van der Waals surface area contributed by atoms with E-state index in [0.717, 1.165) is 12.8 Å². The zero-order valence-electron chi connectivity index (χ0n) is 12.1. The molecule has 1 saturated heterocycles. The fraction of sp³-hybridized carbons (Fsp3) is 0.643. The van der Waals surface area contributed by atoms with Gasteiger partial charge in [0.2, 0.25) is 5.82 Å². The van der Waals surface area contributed by atoms with Crippen LogP contribution in [0.25, 0.3) is 0 Å². The van der Waals surface area contributed by atoms with E-state index in [9.17, 15) is 4.79 Å². The number of aromatic nitrogens is 3. The third kappa shape index (κ3) is 2.71. The molecule has 0 unspecified atom stereocenters. The highest BCUT2D eigenvalue weighted by atomic mass is 16.5. The van der Waals surface area contributed by atoms with Crippen molar-refractivity contribution in [3.63, 3.8) is 0 Å². The van der Waals surface area contributed by atoms with Crippen molar-refractivity contribution in [3.8, 4) is 0 Å². The monoisotopic (exact) mass is 292 g/mol. The number of hydrogen-bond acceptors (Lipinski definition) is 5. The number of aryl methyl sites for hydroxylation is 1. The molecule has 0 radical (unpaired) electrons. The minimum atomic E-state index is -0.127. The van der Waals surface area contributed by atoms with E-state index in [1.165, 1.54) is 11.0 Å². The van der Waals surface area contributed by atoms with Crippen LogP contribution in [0.1, 0.15) is 23.5 Å². The average molecular weight is 292 g/mol. The molecule has 1 aromatic heterocycles. The molecule has 0 N–H and O–H groups in total. The summed E-state index contributed by atoms with van der Waals surface area (Å²) in [6.45, 7) is 5.27. The first-order chi connectivity index (χ1) is 10.2. The van der Waals surface area contributed by atoms with Crippen LogP contribution in [0.3, 0.4) is 0 Å². The van der Waals surface area contributed by atoms with E-state index in [1.54, 1.807) is 13.1 Å². The van der Waals surface area contributed by atoms with Gasteiger partial charge in [0.15, 0.2) is 0 Å². The zero-order chi connectivity index (χ0) is 14.8. The van der Waals surface area contributed by atoms with Gasteiger partial charge in [-0.25, -0.2) is 4.98 Å². The topological polar surface area (TPSA) is 69.5 Å². The molecule has 0 aromatic carbocycles. The van der Waals surface area contributed by atoms with Crippen LogP contribution >= 0.6 is 0 Å². The fourth-order valence-corrected chi connectivity index (χ4v) is 3.10. The summed E-state index contributed by atoms with van der Waals surface area (Å²) in [5.74, 6) is 0.117. The molecule has 2 heterocycles. The SMILES string of the molecule is C=CCO[C@@H]1CC[C@H]2[C@H]1OCCN2C(=O)c1ncn(C)n1. The fourth-order valence-electron chi connectivity index (χ4n) is 3.10. The Labute approximate surface area is 123 Å². The Morgan fingerprint density at radius 2 is 2.48 bits per heavy atom. The normalized spacial score (nSPS) is 28.4. The van der Waals surface area contributed by atoms with Gasteiger partial charge in [-0.3, -0.25) is 9.48 Å². The predicted molar refractivity (Wildman–Crippen MR) is 74.7 cm³/mol. The van der Waals surface area contributed by atoms with Gasteiger partial charge in [0.05, 0.1) is 25.4 Å². The number of morpholine rings is 1. The first kappa shape index (κ1) is 14.2. The minimum absolute atomic E-state index is 0.0280. The van der Waals surface area contributed by atoms with E-state index in [4.69, 9.17) is 9.47 Å². The second kappa shape index (κ2) is 5.95. The van der Waals surface area contributed by atoms with Crippen molar-refractivity contribution in [2.24, 2.45) is 7.05 Å². The largest absolute Gasteiger partial charge is 0.372 e. The number of ether oxygens (including phenoxy) is 2. The predicted octanol–water partition coefficient (Wildman–Crippen LogP) is 0.390. The maximum Gasteiger partial charge on any atom is 0.293 e. The Morgan fingerprint density at radius 1 is 1.62 bits per heavy atom. The average Bonchev–Trinajstić information content (AvgIpc) is 3.10. The quantitative estimate of drug-likeness (QED) is 0.751. The number of nitrogens with zero attached hydrogens (tertiary/aromatic N) is 4. The standard InChI is InChI=1S/C14H20N4O3/c1-3-7-20-11-5-4-10-12(11)21-8-6-18(10)14(19)13-15-9-17(2)16-13/h3,9-12H,1,4-8H2,2H3/t10-,11+,12+/m0/s1. The molecule has 2 fully saturated rings. The van der Waals surface area contributed by atoms with E-state index < -0.39 is 0 Å². The van der Waals surface area contributed by atoms with Gasteiger partial charge in [0.25, 0.3) is 5.91 Å². The molecule has 0 spiro atoms. The summed E-state index contributed by atoms with van der Waals surface area (Å²) >= 11 is 0. The molecule has 114 valence electrons. The number of carbonyl (C=O) groups is 1. The summed E-state index contributed by atoms with van der Waals surface area (Å²) in [5.41, 5.74) is 0. The maximum atomic E-state index is 12.6. The summed E-state index contributed by atoms with van der Waals surface area (Å²) in [6, 6.07) is 0.0462. The third-order valence-corrected chi connectivity index (χ3v) is 4.02. The van der Waals surface area contributed by atoms with Crippen molar-refractivity contribution in [1.29, 1.82) is 0 Å². The van der Waals surface area contributed by atoms with Crippen LogP contribution in [0.15, 0.2) is 19.0 Å². The molecule has 7 heteroatoms. The lowest BCUT2D eigenvalue weighted by atomic mass is 10.1. The van der Waals surface area contributed by atoms with Crippen LogP contribution in [0.4, 0.5) is 0 Å². The first-order valence-corrected chi connectivity index (χ1v) is 7.21. The van der Waals surface area contributed by atoms with Crippen molar-refractivity contribution >= 4 is 5.91 Å². The van der Waals surface area contributed by atoms with Crippen LogP contribution in [-0.2, 0) is 16.5 Å². The third-order valence-electron chi connectivity index (χ3n) is 4.02. The molecule has 1 aromatic rings. The lowest BCUT2D eigenvalue weighted by Gasteiger charge is -2.38. The molecule has 7 nitrogen and oxygen atoms in total. The second-order valence-electron chi connectivity index (χ2n) is 5.38. The molecule has 1 aliphatic heterocycles. The summed E-state index contributed by atoms with van der Waals surface area (Å²) < 4.78 is 13.1.